The van der Waals surface area contributed by atoms with Crippen LogP contribution < -0.4 is 15.4 Å². The molecule has 1 amide bonds. The van der Waals surface area contributed by atoms with Crippen LogP contribution in [0.2, 0.25) is 0 Å². The molecule has 2 N–H and O–H groups in total. The molecule has 29 heavy (non-hydrogen) atoms. The number of carbonyl (C=O) groups excluding carboxylic acids is 2. The molecule has 0 saturated heterocycles. The Bertz CT molecular complexity index is 902. The van der Waals surface area contributed by atoms with Crippen molar-refractivity contribution in [3.05, 3.63) is 58.1 Å². The normalized spacial score (nSPS) is 16.7. The van der Waals surface area contributed by atoms with Crippen LogP contribution in [0.4, 0.5) is 10.5 Å². The van der Waals surface area contributed by atoms with E-state index in [1.54, 1.807) is 30.0 Å². The van der Waals surface area contributed by atoms with Gasteiger partial charge in [-0.15, -0.1) is 0 Å². The number of halogens is 1. The molecule has 0 bridgehead atoms. The molecule has 1 unspecified atom stereocenters. The number of ether oxygens (including phenoxy) is 2. The van der Waals surface area contributed by atoms with Crippen LogP contribution in [0, 0.1) is 5.92 Å². The van der Waals surface area contributed by atoms with Gasteiger partial charge in [0.1, 0.15) is 5.75 Å². The number of benzene rings is 2. The number of rotatable bonds is 5. The molecule has 0 radical (unpaired) electrons. The first-order chi connectivity index (χ1) is 13.9. The number of hydrogen-bond donors (Lipinski definition) is 1. The number of nitrogens with two attached hydrogens (primary N) is 1. The van der Waals surface area contributed by atoms with Crippen LogP contribution in [0.5, 0.6) is 5.75 Å². The van der Waals surface area contributed by atoms with Crippen molar-refractivity contribution in [2.75, 3.05) is 18.1 Å². The summed E-state index contributed by atoms with van der Waals surface area (Å²) in [6.45, 7) is 4.76. The van der Waals surface area contributed by atoms with Gasteiger partial charge in [0.25, 0.3) is 0 Å². The molecular weight excluding hydrogens is 436 g/mol. The van der Waals surface area contributed by atoms with Crippen molar-refractivity contribution in [2.45, 2.75) is 32.7 Å². The summed E-state index contributed by atoms with van der Waals surface area (Å²) in [5, 5.41) is 0. The molecule has 0 aliphatic carbocycles. The van der Waals surface area contributed by atoms with Gasteiger partial charge in [0, 0.05) is 16.7 Å². The lowest BCUT2D eigenvalue weighted by atomic mass is 9.93. The lowest BCUT2D eigenvalue weighted by molar-refractivity contribution is -0.120. The monoisotopic (exact) mass is 460 g/mol. The average Bonchev–Trinajstić information content (AvgIpc) is 2.68. The van der Waals surface area contributed by atoms with Gasteiger partial charge in [0.05, 0.1) is 12.6 Å². The second kappa shape index (κ2) is 9.41. The Morgan fingerprint density at radius 1 is 1.28 bits per heavy atom. The van der Waals surface area contributed by atoms with E-state index < -0.39 is 12.2 Å². The maximum atomic E-state index is 13.1. The Morgan fingerprint density at radius 2 is 2.03 bits per heavy atom. The minimum atomic E-state index is -0.753. The molecular formula is C22H25BrN2O4. The van der Waals surface area contributed by atoms with E-state index in [9.17, 15) is 9.59 Å². The molecule has 1 aliphatic heterocycles. The van der Waals surface area contributed by atoms with E-state index in [0.717, 1.165) is 22.1 Å². The van der Waals surface area contributed by atoms with E-state index in [0.29, 0.717) is 24.6 Å². The Hall–Kier alpha value is -2.38. The SMILES string of the molecule is CCOC(=O)Oc1ccc(C[C@H](N)C(=O)N2CC(C)Cc3ccccc32)c(Br)c1. The highest BCUT2D eigenvalue weighted by molar-refractivity contribution is 9.10. The lowest BCUT2D eigenvalue weighted by Crippen LogP contribution is -2.48. The predicted octanol–water partition coefficient (Wildman–Crippen LogP) is 4.08. The summed E-state index contributed by atoms with van der Waals surface area (Å²) in [6, 6.07) is 12.4. The van der Waals surface area contributed by atoms with E-state index in [-0.39, 0.29) is 12.5 Å². The highest BCUT2D eigenvalue weighted by atomic mass is 79.9. The smallest absolute Gasteiger partial charge is 0.434 e. The number of hydrogen-bond acceptors (Lipinski definition) is 5. The second-order valence-electron chi connectivity index (χ2n) is 7.24. The number of anilines is 1. The third-order valence-corrected chi connectivity index (χ3v) is 5.59. The van der Waals surface area contributed by atoms with Crippen molar-refractivity contribution in [1.82, 2.24) is 0 Å². The molecule has 1 aliphatic rings. The molecule has 2 aromatic rings. The van der Waals surface area contributed by atoms with Gasteiger partial charge >= 0.3 is 6.16 Å². The molecule has 0 saturated carbocycles. The van der Waals surface area contributed by atoms with Gasteiger partial charge in [-0.2, -0.15) is 0 Å². The molecule has 2 aromatic carbocycles. The van der Waals surface area contributed by atoms with Gasteiger partial charge in [0.2, 0.25) is 5.91 Å². The zero-order valence-electron chi connectivity index (χ0n) is 16.6. The fourth-order valence-corrected chi connectivity index (χ4v) is 4.05. The molecule has 1 heterocycles. The highest BCUT2D eigenvalue weighted by Gasteiger charge is 2.29. The van der Waals surface area contributed by atoms with E-state index in [1.165, 1.54) is 5.56 Å². The largest absolute Gasteiger partial charge is 0.513 e. The quantitative estimate of drug-likeness (QED) is 0.536. The number of amides is 1. The number of fused-ring (bicyclic) bond motifs is 1. The summed E-state index contributed by atoms with van der Waals surface area (Å²) < 4.78 is 10.6. The minimum absolute atomic E-state index is 0.0947. The van der Waals surface area contributed by atoms with Crippen LogP contribution in [-0.2, 0) is 22.4 Å². The van der Waals surface area contributed by atoms with E-state index >= 15 is 0 Å². The number of para-hydroxylation sites is 1. The summed E-state index contributed by atoms with van der Waals surface area (Å²) in [4.78, 5) is 26.4. The Kier molecular flexibility index (Phi) is 6.92. The van der Waals surface area contributed by atoms with E-state index in [1.807, 2.05) is 18.2 Å². The molecule has 3 rings (SSSR count). The number of carbonyl (C=O) groups is 2. The Balaban J connectivity index is 1.71. The van der Waals surface area contributed by atoms with E-state index in [4.69, 9.17) is 15.2 Å². The highest BCUT2D eigenvalue weighted by Crippen LogP contribution is 2.30. The summed E-state index contributed by atoms with van der Waals surface area (Å²) in [5.41, 5.74) is 9.28. The summed E-state index contributed by atoms with van der Waals surface area (Å²) >= 11 is 3.47. The van der Waals surface area contributed by atoms with Crippen molar-refractivity contribution in [2.24, 2.45) is 11.7 Å². The molecule has 0 aromatic heterocycles. The second-order valence-corrected chi connectivity index (χ2v) is 8.09. The first-order valence-corrected chi connectivity index (χ1v) is 10.5. The van der Waals surface area contributed by atoms with Gasteiger partial charge in [-0.3, -0.25) is 4.79 Å². The van der Waals surface area contributed by atoms with Crippen LogP contribution in [0.3, 0.4) is 0 Å². The van der Waals surface area contributed by atoms with Gasteiger partial charge < -0.3 is 20.1 Å². The van der Waals surface area contributed by atoms with Crippen LogP contribution in [0.1, 0.15) is 25.0 Å². The zero-order valence-corrected chi connectivity index (χ0v) is 18.1. The molecule has 6 nitrogen and oxygen atoms in total. The Labute approximate surface area is 179 Å². The van der Waals surface area contributed by atoms with Crippen molar-refractivity contribution >= 4 is 33.7 Å². The third-order valence-electron chi connectivity index (χ3n) is 4.86. The predicted molar refractivity (Wildman–Crippen MR) is 115 cm³/mol. The Morgan fingerprint density at radius 3 is 2.76 bits per heavy atom. The third kappa shape index (κ3) is 5.16. The molecule has 154 valence electrons. The maximum absolute atomic E-state index is 13.1. The van der Waals surface area contributed by atoms with Crippen LogP contribution in [0.25, 0.3) is 0 Å². The van der Waals surface area contributed by atoms with Crippen molar-refractivity contribution in [3.63, 3.8) is 0 Å². The maximum Gasteiger partial charge on any atom is 0.513 e. The standard InChI is InChI=1S/C22H25BrN2O4/c1-3-28-22(27)29-17-9-8-15(18(23)12-17)11-19(24)21(26)25-13-14(2)10-16-6-4-5-7-20(16)25/h4-9,12,14,19H,3,10-11,13,24H2,1-2H3/t14?,19-/m0/s1. The van der Waals surface area contributed by atoms with Crippen LogP contribution in [0.15, 0.2) is 46.9 Å². The van der Waals surface area contributed by atoms with Crippen molar-refractivity contribution < 1.29 is 19.1 Å². The van der Waals surface area contributed by atoms with E-state index in [2.05, 4.69) is 28.9 Å². The van der Waals surface area contributed by atoms with Crippen molar-refractivity contribution in [1.29, 1.82) is 0 Å². The fraction of sp³-hybridized carbons (Fsp3) is 0.364. The summed E-state index contributed by atoms with van der Waals surface area (Å²) in [7, 11) is 0. The van der Waals surface area contributed by atoms with Gasteiger partial charge in [0.15, 0.2) is 0 Å². The van der Waals surface area contributed by atoms with Crippen LogP contribution in [-0.4, -0.2) is 31.3 Å². The molecule has 2 atom stereocenters. The average molecular weight is 461 g/mol. The summed E-state index contributed by atoms with van der Waals surface area (Å²) in [5.74, 6) is 0.646. The number of nitrogens with zero attached hydrogens (tertiary/aromatic N) is 1. The topological polar surface area (TPSA) is 81.9 Å². The van der Waals surface area contributed by atoms with Crippen molar-refractivity contribution in [3.8, 4) is 5.75 Å². The summed E-state index contributed by atoms with van der Waals surface area (Å²) in [6.07, 6.45) is 0.575. The molecule has 0 fully saturated rings. The fourth-order valence-electron chi connectivity index (χ4n) is 3.53. The van der Waals surface area contributed by atoms with Gasteiger partial charge in [-0.25, -0.2) is 4.79 Å². The molecule has 7 heteroatoms. The minimum Gasteiger partial charge on any atom is -0.434 e. The van der Waals surface area contributed by atoms with Crippen LogP contribution >= 0.6 is 15.9 Å². The van der Waals surface area contributed by atoms with Gasteiger partial charge in [-0.05, 0) is 55.0 Å². The molecule has 0 spiro atoms. The first kappa shape index (κ1) is 21.3. The zero-order chi connectivity index (χ0) is 21.0. The van der Waals surface area contributed by atoms with Gasteiger partial charge in [-0.1, -0.05) is 47.1 Å². The first-order valence-electron chi connectivity index (χ1n) is 9.67. The lowest BCUT2D eigenvalue weighted by Gasteiger charge is -2.34.